The summed E-state index contributed by atoms with van der Waals surface area (Å²) in [4.78, 5) is 12.6. The molecule has 3 heteroatoms. The van der Waals surface area contributed by atoms with Gasteiger partial charge in [0.2, 0.25) is 0 Å². The van der Waals surface area contributed by atoms with Gasteiger partial charge in [-0.3, -0.25) is 4.79 Å². The van der Waals surface area contributed by atoms with Gasteiger partial charge in [-0.05, 0) is 20.5 Å². The molecule has 0 aromatic rings. The number of rotatable bonds is 3. The number of hydrogen-bond acceptors (Lipinski definition) is 3. The van der Waals surface area contributed by atoms with Crippen molar-refractivity contribution >= 4 is 5.97 Å². The van der Waals surface area contributed by atoms with Gasteiger partial charge < -0.3 is 9.64 Å². The Hall–Kier alpha value is -0.570. The molecule has 0 radical (unpaired) electrons. The van der Waals surface area contributed by atoms with E-state index >= 15 is 0 Å². The van der Waals surface area contributed by atoms with Crippen LogP contribution in [0.15, 0.2) is 0 Å². The zero-order valence-corrected chi connectivity index (χ0v) is 7.33. The standard InChI is InChI=1S/C8H15NO2/c1-6(10)11-5-7-4-8(7)9(2)3/h7-8H,4-5H2,1-3H3. The van der Waals surface area contributed by atoms with Crippen LogP contribution in [0, 0.1) is 5.92 Å². The molecule has 1 aliphatic rings. The van der Waals surface area contributed by atoms with Gasteiger partial charge in [-0.1, -0.05) is 0 Å². The summed E-state index contributed by atoms with van der Waals surface area (Å²) in [5.74, 6) is 0.406. The fourth-order valence-corrected chi connectivity index (χ4v) is 1.27. The third kappa shape index (κ3) is 2.50. The number of esters is 1. The molecule has 0 aromatic carbocycles. The van der Waals surface area contributed by atoms with Gasteiger partial charge in [-0.15, -0.1) is 0 Å². The first-order chi connectivity index (χ1) is 5.11. The Morgan fingerprint density at radius 2 is 2.27 bits per heavy atom. The highest BCUT2D eigenvalue weighted by molar-refractivity contribution is 5.65. The van der Waals surface area contributed by atoms with Crippen LogP contribution in [0.5, 0.6) is 0 Å². The van der Waals surface area contributed by atoms with Gasteiger partial charge in [-0.25, -0.2) is 0 Å². The molecule has 2 atom stereocenters. The second-order valence-corrected chi connectivity index (χ2v) is 3.33. The van der Waals surface area contributed by atoms with Crippen molar-refractivity contribution < 1.29 is 9.53 Å². The van der Waals surface area contributed by atoms with Crippen molar-refractivity contribution in [3.8, 4) is 0 Å². The summed E-state index contributed by atoms with van der Waals surface area (Å²) in [5.41, 5.74) is 0. The first-order valence-electron chi connectivity index (χ1n) is 3.91. The molecule has 0 bridgehead atoms. The van der Waals surface area contributed by atoms with Crippen molar-refractivity contribution in [2.75, 3.05) is 20.7 Å². The molecule has 0 amide bonds. The molecule has 0 saturated heterocycles. The third-order valence-electron chi connectivity index (χ3n) is 2.05. The summed E-state index contributed by atoms with van der Waals surface area (Å²) < 4.78 is 4.88. The van der Waals surface area contributed by atoms with E-state index in [1.54, 1.807) is 0 Å². The van der Waals surface area contributed by atoms with Crippen LogP contribution in [0.3, 0.4) is 0 Å². The van der Waals surface area contributed by atoms with Crippen LogP contribution >= 0.6 is 0 Å². The third-order valence-corrected chi connectivity index (χ3v) is 2.05. The van der Waals surface area contributed by atoms with Gasteiger partial charge in [0.25, 0.3) is 0 Å². The van der Waals surface area contributed by atoms with Crippen molar-refractivity contribution in [2.24, 2.45) is 5.92 Å². The zero-order chi connectivity index (χ0) is 8.43. The number of ether oxygens (including phenoxy) is 1. The summed E-state index contributed by atoms with van der Waals surface area (Å²) in [5, 5.41) is 0. The van der Waals surface area contributed by atoms with Gasteiger partial charge in [0.05, 0.1) is 6.61 Å². The lowest BCUT2D eigenvalue weighted by Gasteiger charge is -2.07. The summed E-state index contributed by atoms with van der Waals surface area (Å²) in [6.45, 7) is 2.05. The van der Waals surface area contributed by atoms with Crippen LogP contribution in [0.25, 0.3) is 0 Å². The molecule has 3 nitrogen and oxygen atoms in total. The lowest BCUT2D eigenvalue weighted by molar-refractivity contribution is -0.141. The highest BCUT2D eigenvalue weighted by Gasteiger charge is 2.39. The molecule has 64 valence electrons. The highest BCUT2D eigenvalue weighted by Crippen LogP contribution is 2.34. The molecule has 0 heterocycles. The van der Waals surface area contributed by atoms with Crippen molar-refractivity contribution in [1.29, 1.82) is 0 Å². The number of hydrogen-bond donors (Lipinski definition) is 0. The molecular formula is C8H15NO2. The van der Waals surface area contributed by atoms with Crippen molar-refractivity contribution in [3.63, 3.8) is 0 Å². The molecule has 1 saturated carbocycles. The van der Waals surface area contributed by atoms with E-state index in [9.17, 15) is 4.79 Å². The van der Waals surface area contributed by atoms with Crippen LogP contribution in [-0.2, 0) is 9.53 Å². The first-order valence-corrected chi connectivity index (χ1v) is 3.91. The minimum Gasteiger partial charge on any atom is -0.466 e. The normalized spacial score (nSPS) is 28.7. The molecule has 1 fully saturated rings. The van der Waals surface area contributed by atoms with Crippen LogP contribution < -0.4 is 0 Å². The van der Waals surface area contributed by atoms with Gasteiger partial charge >= 0.3 is 5.97 Å². The predicted octanol–water partition coefficient (Wildman–Crippen LogP) is 0.500. The second kappa shape index (κ2) is 3.22. The fourth-order valence-electron chi connectivity index (χ4n) is 1.27. The van der Waals surface area contributed by atoms with E-state index in [4.69, 9.17) is 4.74 Å². The van der Waals surface area contributed by atoms with Crippen LogP contribution in [0.2, 0.25) is 0 Å². The molecule has 0 N–H and O–H groups in total. The maximum atomic E-state index is 10.4. The van der Waals surface area contributed by atoms with E-state index in [-0.39, 0.29) is 5.97 Å². The van der Waals surface area contributed by atoms with Gasteiger partial charge in [0.15, 0.2) is 0 Å². The Bertz CT molecular complexity index is 156. The molecule has 11 heavy (non-hydrogen) atoms. The zero-order valence-electron chi connectivity index (χ0n) is 7.33. The summed E-state index contributed by atoms with van der Waals surface area (Å²) in [6, 6.07) is 0.634. The van der Waals surface area contributed by atoms with E-state index < -0.39 is 0 Å². The van der Waals surface area contributed by atoms with E-state index in [0.717, 1.165) is 0 Å². The molecule has 0 aliphatic heterocycles. The van der Waals surface area contributed by atoms with Crippen molar-refractivity contribution in [1.82, 2.24) is 4.90 Å². The van der Waals surface area contributed by atoms with E-state index in [2.05, 4.69) is 19.0 Å². The molecule has 0 spiro atoms. The molecule has 2 unspecified atom stereocenters. The quantitative estimate of drug-likeness (QED) is 0.559. The summed E-state index contributed by atoms with van der Waals surface area (Å²) >= 11 is 0. The topological polar surface area (TPSA) is 29.5 Å². The first kappa shape index (κ1) is 8.53. The van der Waals surface area contributed by atoms with Crippen molar-refractivity contribution in [3.05, 3.63) is 0 Å². The Morgan fingerprint density at radius 3 is 2.64 bits per heavy atom. The lowest BCUT2D eigenvalue weighted by Crippen LogP contribution is -2.18. The molecular weight excluding hydrogens is 142 g/mol. The molecule has 1 aliphatic carbocycles. The van der Waals surface area contributed by atoms with E-state index in [1.165, 1.54) is 13.3 Å². The van der Waals surface area contributed by atoms with Crippen LogP contribution in [0.4, 0.5) is 0 Å². The Balaban J connectivity index is 2.09. The molecule has 1 rings (SSSR count). The van der Waals surface area contributed by atoms with Crippen LogP contribution in [-0.4, -0.2) is 37.6 Å². The van der Waals surface area contributed by atoms with Crippen molar-refractivity contribution in [2.45, 2.75) is 19.4 Å². The lowest BCUT2D eigenvalue weighted by atomic mass is 10.4. The minimum atomic E-state index is -0.172. The highest BCUT2D eigenvalue weighted by atomic mass is 16.5. The smallest absolute Gasteiger partial charge is 0.302 e. The van der Waals surface area contributed by atoms with Crippen LogP contribution in [0.1, 0.15) is 13.3 Å². The molecule has 0 aromatic heterocycles. The SMILES string of the molecule is CC(=O)OCC1CC1N(C)C. The Labute approximate surface area is 67.3 Å². The van der Waals surface area contributed by atoms with Gasteiger partial charge in [-0.2, -0.15) is 0 Å². The van der Waals surface area contributed by atoms with Gasteiger partial charge in [0.1, 0.15) is 0 Å². The number of carbonyl (C=O) groups is 1. The number of carbonyl (C=O) groups excluding carboxylic acids is 1. The largest absolute Gasteiger partial charge is 0.466 e. The predicted molar refractivity (Wildman–Crippen MR) is 42.2 cm³/mol. The summed E-state index contributed by atoms with van der Waals surface area (Å²) in [6.07, 6.45) is 1.17. The van der Waals surface area contributed by atoms with E-state index in [0.29, 0.717) is 18.6 Å². The second-order valence-electron chi connectivity index (χ2n) is 3.33. The number of nitrogens with zero attached hydrogens (tertiary/aromatic N) is 1. The average molecular weight is 157 g/mol. The maximum absolute atomic E-state index is 10.4. The Kier molecular flexibility index (Phi) is 2.49. The average Bonchev–Trinajstić information content (AvgIpc) is 2.61. The fraction of sp³-hybridized carbons (Fsp3) is 0.875. The summed E-state index contributed by atoms with van der Waals surface area (Å²) in [7, 11) is 4.11. The maximum Gasteiger partial charge on any atom is 0.302 e. The van der Waals surface area contributed by atoms with Gasteiger partial charge in [0, 0.05) is 18.9 Å². The van der Waals surface area contributed by atoms with E-state index in [1.807, 2.05) is 0 Å². The monoisotopic (exact) mass is 157 g/mol. The Morgan fingerprint density at radius 1 is 1.64 bits per heavy atom. The minimum absolute atomic E-state index is 0.172.